The Labute approximate surface area is 54.0 Å². The minimum Gasteiger partial charge on any atom is -0.366 e. The SMILES string of the molecule is NC(=O)C1=C[CH]CC=C1. The van der Waals surface area contributed by atoms with Crippen LogP contribution in [0.5, 0.6) is 0 Å². The average Bonchev–Trinajstić information content (AvgIpc) is 1.90. The van der Waals surface area contributed by atoms with E-state index in [-0.39, 0.29) is 5.91 Å². The van der Waals surface area contributed by atoms with Crippen LogP contribution in [0, 0.1) is 6.42 Å². The highest BCUT2D eigenvalue weighted by Gasteiger charge is 2.01. The van der Waals surface area contributed by atoms with Gasteiger partial charge in [-0.05, 0) is 12.8 Å². The molecule has 2 nitrogen and oxygen atoms in total. The molecule has 1 radical (unpaired) electrons. The van der Waals surface area contributed by atoms with Crippen LogP contribution in [-0.4, -0.2) is 5.91 Å². The predicted molar refractivity (Wildman–Crippen MR) is 35.3 cm³/mol. The van der Waals surface area contributed by atoms with E-state index in [1.54, 1.807) is 12.2 Å². The third-order valence-corrected chi connectivity index (χ3v) is 1.15. The van der Waals surface area contributed by atoms with Crippen molar-refractivity contribution in [3.05, 3.63) is 30.2 Å². The Hall–Kier alpha value is -1.05. The predicted octanol–water partition coefficient (Wildman–Crippen LogP) is 0.562. The van der Waals surface area contributed by atoms with Crippen LogP contribution in [0.25, 0.3) is 0 Å². The summed E-state index contributed by atoms with van der Waals surface area (Å²) in [4.78, 5) is 10.4. The first-order valence-corrected chi connectivity index (χ1v) is 2.80. The summed E-state index contributed by atoms with van der Waals surface area (Å²) in [5, 5.41) is 0. The molecule has 2 heteroatoms. The van der Waals surface area contributed by atoms with Gasteiger partial charge in [-0.25, -0.2) is 0 Å². The number of primary amides is 1. The zero-order valence-corrected chi connectivity index (χ0v) is 5.00. The number of nitrogens with two attached hydrogens (primary N) is 1. The maximum Gasteiger partial charge on any atom is 0.248 e. The fourth-order valence-corrected chi connectivity index (χ4v) is 0.688. The van der Waals surface area contributed by atoms with Crippen LogP contribution in [0.2, 0.25) is 0 Å². The van der Waals surface area contributed by atoms with Crippen LogP contribution in [0.4, 0.5) is 0 Å². The van der Waals surface area contributed by atoms with Gasteiger partial charge in [-0.1, -0.05) is 18.2 Å². The second-order valence-electron chi connectivity index (χ2n) is 1.86. The number of rotatable bonds is 1. The van der Waals surface area contributed by atoms with Crippen molar-refractivity contribution in [1.82, 2.24) is 0 Å². The highest BCUT2D eigenvalue weighted by molar-refractivity contribution is 5.95. The molecule has 0 aromatic rings. The molecule has 0 atom stereocenters. The van der Waals surface area contributed by atoms with Gasteiger partial charge in [0.15, 0.2) is 0 Å². The van der Waals surface area contributed by atoms with Crippen molar-refractivity contribution >= 4 is 5.91 Å². The molecule has 0 saturated heterocycles. The van der Waals surface area contributed by atoms with Gasteiger partial charge in [-0.2, -0.15) is 0 Å². The third kappa shape index (κ3) is 1.42. The summed E-state index contributed by atoms with van der Waals surface area (Å²) < 4.78 is 0. The normalized spacial score (nSPS) is 17.1. The molecule has 0 spiro atoms. The van der Waals surface area contributed by atoms with Gasteiger partial charge in [0.2, 0.25) is 5.91 Å². The van der Waals surface area contributed by atoms with Crippen molar-refractivity contribution in [3.8, 4) is 0 Å². The molecule has 47 valence electrons. The molecular weight excluding hydrogens is 114 g/mol. The van der Waals surface area contributed by atoms with Crippen molar-refractivity contribution in [2.24, 2.45) is 5.73 Å². The largest absolute Gasteiger partial charge is 0.366 e. The van der Waals surface area contributed by atoms with E-state index < -0.39 is 0 Å². The second-order valence-corrected chi connectivity index (χ2v) is 1.86. The van der Waals surface area contributed by atoms with Gasteiger partial charge in [-0.15, -0.1) is 0 Å². The summed E-state index contributed by atoms with van der Waals surface area (Å²) >= 11 is 0. The van der Waals surface area contributed by atoms with E-state index in [1.807, 2.05) is 12.5 Å². The zero-order valence-electron chi connectivity index (χ0n) is 5.00. The molecule has 9 heavy (non-hydrogen) atoms. The number of allylic oxidation sites excluding steroid dienone is 2. The average molecular weight is 122 g/mol. The standard InChI is InChI=1S/C7H8NO/c8-7(9)6-4-2-1-3-5-6/h2-5H,1H2,(H2,8,9). The minimum absolute atomic E-state index is 0.359. The van der Waals surface area contributed by atoms with Gasteiger partial charge in [0.1, 0.15) is 0 Å². The molecule has 2 N–H and O–H groups in total. The summed E-state index contributed by atoms with van der Waals surface area (Å²) in [7, 11) is 0. The lowest BCUT2D eigenvalue weighted by Gasteiger charge is -1.99. The number of amides is 1. The lowest BCUT2D eigenvalue weighted by atomic mass is 10.1. The first-order valence-electron chi connectivity index (χ1n) is 2.80. The van der Waals surface area contributed by atoms with E-state index in [4.69, 9.17) is 5.73 Å². The molecule has 0 bridgehead atoms. The van der Waals surface area contributed by atoms with Crippen LogP contribution in [0.3, 0.4) is 0 Å². The Morgan fingerprint density at radius 1 is 1.67 bits per heavy atom. The maximum absolute atomic E-state index is 10.4. The number of hydrogen-bond acceptors (Lipinski definition) is 1. The summed E-state index contributed by atoms with van der Waals surface area (Å²) in [5.41, 5.74) is 5.57. The molecule has 1 amide bonds. The van der Waals surface area contributed by atoms with Crippen molar-refractivity contribution in [2.45, 2.75) is 6.42 Å². The molecule has 1 aliphatic rings. The van der Waals surface area contributed by atoms with Gasteiger partial charge in [0.05, 0.1) is 0 Å². The lowest BCUT2D eigenvalue weighted by molar-refractivity contribution is -0.114. The molecule has 0 aromatic heterocycles. The minimum atomic E-state index is -0.359. The second kappa shape index (κ2) is 2.49. The Kier molecular flexibility index (Phi) is 1.68. The highest BCUT2D eigenvalue weighted by atomic mass is 16.1. The van der Waals surface area contributed by atoms with Gasteiger partial charge < -0.3 is 5.73 Å². The summed E-state index contributed by atoms with van der Waals surface area (Å²) in [6, 6.07) is 0. The van der Waals surface area contributed by atoms with Crippen molar-refractivity contribution < 1.29 is 4.79 Å². The molecular formula is C7H8NO. The maximum atomic E-state index is 10.4. The zero-order chi connectivity index (χ0) is 6.69. The van der Waals surface area contributed by atoms with Crippen LogP contribution >= 0.6 is 0 Å². The Bertz CT molecular complexity index is 179. The van der Waals surface area contributed by atoms with Gasteiger partial charge in [-0.3, -0.25) is 4.79 Å². The van der Waals surface area contributed by atoms with Crippen LogP contribution in [-0.2, 0) is 4.79 Å². The van der Waals surface area contributed by atoms with Crippen molar-refractivity contribution in [2.75, 3.05) is 0 Å². The molecule has 1 aliphatic carbocycles. The van der Waals surface area contributed by atoms with Crippen molar-refractivity contribution in [3.63, 3.8) is 0 Å². The van der Waals surface area contributed by atoms with Crippen LogP contribution < -0.4 is 5.73 Å². The topological polar surface area (TPSA) is 43.1 Å². The fourth-order valence-electron chi connectivity index (χ4n) is 0.688. The van der Waals surface area contributed by atoms with E-state index in [1.165, 1.54) is 0 Å². The van der Waals surface area contributed by atoms with Crippen molar-refractivity contribution in [1.29, 1.82) is 0 Å². The summed E-state index contributed by atoms with van der Waals surface area (Å²) in [6.45, 7) is 0. The first kappa shape index (κ1) is 6.08. The molecule has 0 heterocycles. The fraction of sp³-hybridized carbons (Fsp3) is 0.143. The number of carbonyl (C=O) groups excluding carboxylic acids is 1. The number of carbonyl (C=O) groups is 1. The molecule has 0 fully saturated rings. The van der Waals surface area contributed by atoms with E-state index in [2.05, 4.69) is 0 Å². The Balaban J connectivity index is 2.69. The first-order chi connectivity index (χ1) is 4.30. The smallest absolute Gasteiger partial charge is 0.248 e. The highest BCUT2D eigenvalue weighted by Crippen LogP contribution is 2.06. The Morgan fingerprint density at radius 2 is 2.44 bits per heavy atom. The van der Waals surface area contributed by atoms with Crippen LogP contribution in [0.1, 0.15) is 6.42 Å². The molecule has 0 aliphatic heterocycles. The third-order valence-electron chi connectivity index (χ3n) is 1.15. The van der Waals surface area contributed by atoms with E-state index >= 15 is 0 Å². The monoisotopic (exact) mass is 122 g/mol. The van der Waals surface area contributed by atoms with E-state index in [0.29, 0.717) is 5.57 Å². The quantitative estimate of drug-likeness (QED) is 0.542. The lowest BCUT2D eigenvalue weighted by Crippen LogP contribution is -2.13. The summed E-state index contributed by atoms with van der Waals surface area (Å²) in [6.07, 6.45) is 8.18. The van der Waals surface area contributed by atoms with E-state index in [0.717, 1.165) is 6.42 Å². The van der Waals surface area contributed by atoms with Crippen LogP contribution in [0.15, 0.2) is 23.8 Å². The summed E-state index contributed by atoms with van der Waals surface area (Å²) in [5.74, 6) is -0.359. The van der Waals surface area contributed by atoms with E-state index in [9.17, 15) is 4.79 Å². The molecule has 0 aromatic carbocycles. The molecule has 0 unspecified atom stereocenters. The molecule has 0 saturated carbocycles. The van der Waals surface area contributed by atoms with Gasteiger partial charge in [0, 0.05) is 5.57 Å². The number of hydrogen-bond donors (Lipinski definition) is 1. The van der Waals surface area contributed by atoms with Gasteiger partial charge >= 0.3 is 0 Å². The van der Waals surface area contributed by atoms with Gasteiger partial charge in [0.25, 0.3) is 0 Å². The molecule has 1 rings (SSSR count). The Morgan fingerprint density at radius 3 is 2.78 bits per heavy atom.